The maximum atomic E-state index is 4.27. The highest BCUT2D eigenvalue weighted by molar-refractivity contribution is 9.10. The molecule has 0 amide bonds. The molecule has 0 saturated heterocycles. The monoisotopic (exact) mass is 320 g/mol. The molecule has 1 aromatic carbocycles. The zero-order valence-corrected chi connectivity index (χ0v) is 12.8. The van der Waals surface area contributed by atoms with Gasteiger partial charge in [-0.05, 0) is 40.9 Å². The number of nitrogens with one attached hydrogen (secondary N) is 2. The van der Waals surface area contributed by atoms with Gasteiger partial charge in [0.1, 0.15) is 22.4 Å². The van der Waals surface area contributed by atoms with Crippen LogP contribution in [-0.4, -0.2) is 17.0 Å². The van der Waals surface area contributed by atoms with E-state index in [1.54, 1.807) is 6.33 Å². The number of benzene rings is 1. The Balaban J connectivity index is 2.24. The van der Waals surface area contributed by atoms with Crippen molar-refractivity contribution in [2.75, 3.05) is 17.7 Å². The predicted molar refractivity (Wildman–Crippen MR) is 82.5 cm³/mol. The molecule has 0 aliphatic heterocycles. The van der Waals surface area contributed by atoms with Gasteiger partial charge in [-0.15, -0.1) is 0 Å². The Morgan fingerprint density at radius 2 is 1.84 bits per heavy atom. The Bertz CT molecular complexity index is 571. The fraction of sp³-hybridized carbons (Fsp3) is 0.286. The molecule has 1 unspecified atom stereocenters. The van der Waals surface area contributed by atoms with Crippen LogP contribution in [0.25, 0.3) is 0 Å². The van der Waals surface area contributed by atoms with Crippen molar-refractivity contribution in [2.24, 2.45) is 0 Å². The van der Waals surface area contributed by atoms with Gasteiger partial charge in [0.15, 0.2) is 0 Å². The van der Waals surface area contributed by atoms with Crippen molar-refractivity contribution in [1.29, 1.82) is 0 Å². The highest BCUT2D eigenvalue weighted by atomic mass is 79.9. The fourth-order valence-electron chi connectivity index (χ4n) is 2.00. The normalized spacial score (nSPS) is 12.0. The van der Waals surface area contributed by atoms with Crippen molar-refractivity contribution in [3.8, 4) is 0 Å². The third-order valence-corrected chi connectivity index (χ3v) is 3.79. The van der Waals surface area contributed by atoms with Crippen LogP contribution < -0.4 is 10.6 Å². The molecule has 19 heavy (non-hydrogen) atoms. The van der Waals surface area contributed by atoms with Gasteiger partial charge in [-0.3, -0.25) is 0 Å². The molecule has 5 heteroatoms. The van der Waals surface area contributed by atoms with Crippen molar-refractivity contribution in [1.82, 2.24) is 9.97 Å². The summed E-state index contributed by atoms with van der Waals surface area (Å²) >= 11 is 3.51. The van der Waals surface area contributed by atoms with Gasteiger partial charge in [0.25, 0.3) is 0 Å². The summed E-state index contributed by atoms with van der Waals surface area (Å²) in [6.07, 6.45) is 1.55. The van der Waals surface area contributed by atoms with E-state index in [1.165, 1.54) is 11.1 Å². The number of aromatic nitrogens is 2. The molecule has 1 heterocycles. The molecule has 2 aromatic rings. The van der Waals surface area contributed by atoms with E-state index in [0.29, 0.717) is 0 Å². The first kappa shape index (κ1) is 13.8. The second-order valence-electron chi connectivity index (χ2n) is 4.36. The zero-order valence-electron chi connectivity index (χ0n) is 11.2. The topological polar surface area (TPSA) is 49.8 Å². The molecule has 2 N–H and O–H groups in total. The van der Waals surface area contributed by atoms with Crippen LogP contribution in [0.15, 0.2) is 35.1 Å². The quantitative estimate of drug-likeness (QED) is 0.900. The van der Waals surface area contributed by atoms with Gasteiger partial charge in [-0.25, -0.2) is 9.97 Å². The van der Waals surface area contributed by atoms with Gasteiger partial charge in [0.2, 0.25) is 0 Å². The second kappa shape index (κ2) is 6.02. The first-order chi connectivity index (χ1) is 9.13. The van der Waals surface area contributed by atoms with Crippen molar-refractivity contribution in [2.45, 2.75) is 19.9 Å². The lowest BCUT2D eigenvalue weighted by atomic mass is 10.0. The minimum atomic E-state index is 0.178. The summed E-state index contributed by atoms with van der Waals surface area (Å²) < 4.78 is 0.845. The van der Waals surface area contributed by atoms with Crippen molar-refractivity contribution in [3.05, 3.63) is 46.2 Å². The third kappa shape index (κ3) is 3.04. The molecule has 0 fully saturated rings. The lowest BCUT2D eigenvalue weighted by Crippen LogP contribution is -2.10. The highest BCUT2D eigenvalue weighted by Crippen LogP contribution is 2.29. The molecule has 0 bridgehead atoms. The van der Waals surface area contributed by atoms with E-state index < -0.39 is 0 Å². The standard InChI is InChI=1S/C14H17BrN4/c1-9-6-4-5-7-11(9)10(2)19-14-12(15)13(16-3)17-8-18-14/h4-8,10H,1-3H3,(H2,16,17,18,19). The number of hydrogen-bond acceptors (Lipinski definition) is 4. The van der Waals surface area contributed by atoms with Gasteiger partial charge in [-0.1, -0.05) is 24.3 Å². The molecule has 0 radical (unpaired) electrons. The van der Waals surface area contributed by atoms with Crippen molar-refractivity contribution >= 4 is 27.6 Å². The first-order valence-corrected chi connectivity index (χ1v) is 6.93. The number of nitrogens with zero attached hydrogens (tertiary/aromatic N) is 2. The molecule has 4 nitrogen and oxygen atoms in total. The minimum Gasteiger partial charge on any atom is -0.372 e. The van der Waals surface area contributed by atoms with Crippen LogP contribution in [-0.2, 0) is 0 Å². The van der Waals surface area contributed by atoms with Crippen molar-refractivity contribution in [3.63, 3.8) is 0 Å². The molecule has 100 valence electrons. The molecule has 0 spiro atoms. The summed E-state index contributed by atoms with van der Waals surface area (Å²) in [4.78, 5) is 8.42. The van der Waals surface area contributed by atoms with Crippen LogP contribution in [0, 0.1) is 6.92 Å². The Hall–Kier alpha value is -1.62. The van der Waals surface area contributed by atoms with Gasteiger partial charge in [0, 0.05) is 7.05 Å². The molecule has 0 saturated carbocycles. The minimum absolute atomic E-state index is 0.178. The number of halogens is 1. The van der Waals surface area contributed by atoms with Crippen LogP contribution in [0.3, 0.4) is 0 Å². The summed E-state index contributed by atoms with van der Waals surface area (Å²) in [7, 11) is 1.83. The zero-order chi connectivity index (χ0) is 13.8. The molecule has 0 aliphatic carbocycles. The van der Waals surface area contributed by atoms with E-state index >= 15 is 0 Å². The van der Waals surface area contributed by atoms with Gasteiger partial charge in [0.05, 0.1) is 6.04 Å². The average molecular weight is 321 g/mol. The van der Waals surface area contributed by atoms with Crippen LogP contribution >= 0.6 is 15.9 Å². The van der Waals surface area contributed by atoms with Gasteiger partial charge in [-0.2, -0.15) is 0 Å². The highest BCUT2D eigenvalue weighted by Gasteiger charge is 2.12. The van der Waals surface area contributed by atoms with Crippen LogP contribution in [0.2, 0.25) is 0 Å². The Morgan fingerprint density at radius 1 is 1.16 bits per heavy atom. The maximum Gasteiger partial charge on any atom is 0.146 e. The van der Waals surface area contributed by atoms with Crippen LogP contribution in [0.5, 0.6) is 0 Å². The van der Waals surface area contributed by atoms with Crippen LogP contribution in [0.4, 0.5) is 11.6 Å². The first-order valence-electron chi connectivity index (χ1n) is 6.13. The van der Waals surface area contributed by atoms with E-state index in [-0.39, 0.29) is 6.04 Å². The van der Waals surface area contributed by atoms with Gasteiger partial charge < -0.3 is 10.6 Å². The summed E-state index contributed by atoms with van der Waals surface area (Å²) in [5, 5.41) is 6.43. The number of hydrogen-bond donors (Lipinski definition) is 2. The fourth-order valence-corrected chi connectivity index (χ4v) is 2.52. The molecular formula is C14H17BrN4. The van der Waals surface area contributed by atoms with Gasteiger partial charge >= 0.3 is 0 Å². The molecule has 1 aromatic heterocycles. The van der Waals surface area contributed by atoms with Crippen molar-refractivity contribution < 1.29 is 0 Å². The van der Waals surface area contributed by atoms with E-state index in [0.717, 1.165) is 16.1 Å². The maximum absolute atomic E-state index is 4.27. The lowest BCUT2D eigenvalue weighted by molar-refractivity contribution is 0.860. The molecule has 1 atom stereocenters. The predicted octanol–water partition coefficient (Wildman–Crippen LogP) is 3.76. The molecule has 0 aliphatic rings. The second-order valence-corrected chi connectivity index (χ2v) is 5.15. The van der Waals surface area contributed by atoms with E-state index in [2.05, 4.69) is 68.6 Å². The smallest absolute Gasteiger partial charge is 0.146 e. The SMILES string of the molecule is CNc1ncnc(NC(C)c2ccccc2C)c1Br. The Kier molecular flexibility index (Phi) is 4.37. The van der Waals surface area contributed by atoms with Crippen LogP contribution in [0.1, 0.15) is 24.1 Å². The lowest BCUT2D eigenvalue weighted by Gasteiger charge is -2.18. The largest absolute Gasteiger partial charge is 0.372 e. The van der Waals surface area contributed by atoms with E-state index in [1.807, 2.05) is 13.1 Å². The number of anilines is 2. The summed E-state index contributed by atoms with van der Waals surface area (Å²) in [5.74, 6) is 1.56. The van der Waals surface area contributed by atoms with E-state index in [9.17, 15) is 0 Å². The molecular weight excluding hydrogens is 304 g/mol. The third-order valence-electron chi connectivity index (χ3n) is 3.03. The summed E-state index contributed by atoms with van der Waals surface area (Å²) in [5.41, 5.74) is 2.53. The molecule has 2 rings (SSSR count). The summed E-state index contributed by atoms with van der Waals surface area (Å²) in [6.45, 7) is 4.23. The average Bonchev–Trinajstić information content (AvgIpc) is 2.41. The Morgan fingerprint density at radius 3 is 2.53 bits per heavy atom. The summed E-state index contributed by atoms with van der Waals surface area (Å²) in [6, 6.07) is 8.51. The number of aryl methyl sites for hydroxylation is 1. The number of rotatable bonds is 4. The Labute approximate surface area is 121 Å². The van der Waals surface area contributed by atoms with E-state index in [4.69, 9.17) is 0 Å².